The molecule has 3 aliphatic heterocycles. The quantitative estimate of drug-likeness (QED) is 0.738. The number of amides is 1. The summed E-state index contributed by atoms with van der Waals surface area (Å²) in [5.41, 5.74) is 4.01. The lowest BCUT2D eigenvalue weighted by Crippen LogP contribution is -2.61. The lowest BCUT2D eigenvalue weighted by atomic mass is 9.58. The number of carbonyl (C=O) groups excluding carboxylic acids is 1. The average Bonchev–Trinajstić information content (AvgIpc) is 3.16. The van der Waals surface area contributed by atoms with Crippen LogP contribution in [0.5, 0.6) is 5.75 Å². The molecule has 0 N–H and O–H groups in total. The molecule has 4 atom stereocenters. The monoisotopic (exact) mass is 338 g/mol. The van der Waals surface area contributed by atoms with Gasteiger partial charge in [-0.3, -0.25) is 9.69 Å². The number of hydrogen-bond donors (Lipinski definition) is 0. The van der Waals surface area contributed by atoms with Crippen molar-refractivity contribution in [1.82, 2.24) is 4.90 Å². The normalized spacial score (nSPS) is 37.2. The first-order chi connectivity index (χ1) is 12.1. The molecule has 4 nitrogen and oxygen atoms in total. The van der Waals surface area contributed by atoms with Crippen molar-refractivity contribution < 1.29 is 9.53 Å². The molecule has 4 heteroatoms. The summed E-state index contributed by atoms with van der Waals surface area (Å²) in [6.45, 7) is 6.24. The summed E-state index contributed by atoms with van der Waals surface area (Å²) in [6, 6.07) is 7.06. The molecule has 1 aliphatic carbocycles. The molecular formula is C21H26N2O2. The molecule has 0 radical (unpaired) electrons. The minimum atomic E-state index is 0.0360. The highest BCUT2D eigenvalue weighted by molar-refractivity contribution is 5.98. The first-order valence-electron chi connectivity index (χ1n) is 9.51. The smallest absolute Gasteiger partial charge is 0.224 e. The molecule has 1 aromatic rings. The summed E-state index contributed by atoms with van der Waals surface area (Å²) in [7, 11) is 1.71. The van der Waals surface area contributed by atoms with E-state index in [0.29, 0.717) is 12.0 Å². The molecule has 5 rings (SSSR count). The first kappa shape index (κ1) is 15.4. The predicted molar refractivity (Wildman–Crippen MR) is 98.1 cm³/mol. The zero-order chi connectivity index (χ0) is 17.3. The van der Waals surface area contributed by atoms with Crippen molar-refractivity contribution in [3.05, 3.63) is 35.4 Å². The maximum absolute atomic E-state index is 12.7. The molecule has 4 aliphatic rings. The highest BCUT2D eigenvalue weighted by Crippen LogP contribution is 2.63. The van der Waals surface area contributed by atoms with Gasteiger partial charge in [-0.2, -0.15) is 0 Å². The van der Waals surface area contributed by atoms with Crippen LogP contribution in [0.15, 0.2) is 29.8 Å². The van der Waals surface area contributed by atoms with Gasteiger partial charge in [0.25, 0.3) is 0 Å². The van der Waals surface area contributed by atoms with Crippen LogP contribution in [0.1, 0.15) is 38.7 Å². The molecule has 25 heavy (non-hydrogen) atoms. The van der Waals surface area contributed by atoms with Gasteiger partial charge in [-0.15, -0.1) is 0 Å². The topological polar surface area (TPSA) is 32.8 Å². The summed E-state index contributed by atoms with van der Waals surface area (Å²) in [5.74, 6) is 1.60. The van der Waals surface area contributed by atoms with Gasteiger partial charge in [0.15, 0.2) is 0 Å². The fraction of sp³-hybridized carbons (Fsp3) is 0.571. The molecule has 1 saturated carbocycles. The minimum absolute atomic E-state index is 0.0360. The second-order valence-corrected chi connectivity index (χ2v) is 8.00. The lowest BCUT2D eigenvalue weighted by Gasteiger charge is -2.53. The molecule has 3 fully saturated rings. The van der Waals surface area contributed by atoms with Gasteiger partial charge in [0.1, 0.15) is 5.75 Å². The molecule has 0 aromatic heterocycles. The molecule has 2 saturated heterocycles. The summed E-state index contributed by atoms with van der Waals surface area (Å²) in [5, 5.41) is 0. The number of carbonyl (C=O) groups is 1. The number of piperidine rings is 1. The zero-order valence-electron chi connectivity index (χ0n) is 15.3. The Labute approximate surface area is 149 Å². The summed E-state index contributed by atoms with van der Waals surface area (Å²) >= 11 is 0. The van der Waals surface area contributed by atoms with E-state index in [1.807, 2.05) is 6.07 Å². The molecule has 2 bridgehead atoms. The van der Waals surface area contributed by atoms with Crippen LogP contribution in [0.4, 0.5) is 5.69 Å². The van der Waals surface area contributed by atoms with E-state index in [1.54, 1.807) is 19.6 Å². The second kappa shape index (κ2) is 5.10. The highest BCUT2D eigenvalue weighted by atomic mass is 16.5. The van der Waals surface area contributed by atoms with Crippen LogP contribution in [0, 0.1) is 5.92 Å². The van der Waals surface area contributed by atoms with Crippen molar-refractivity contribution in [2.24, 2.45) is 5.92 Å². The molecule has 0 unspecified atom stereocenters. The van der Waals surface area contributed by atoms with Gasteiger partial charge in [-0.1, -0.05) is 23.8 Å². The second-order valence-electron chi connectivity index (χ2n) is 8.00. The van der Waals surface area contributed by atoms with E-state index in [9.17, 15) is 4.79 Å². The van der Waals surface area contributed by atoms with Crippen molar-refractivity contribution in [1.29, 1.82) is 0 Å². The van der Waals surface area contributed by atoms with Gasteiger partial charge in [-0.05, 0) is 56.8 Å². The van der Waals surface area contributed by atoms with Crippen LogP contribution >= 0.6 is 0 Å². The molecular weight excluding hydrogens is 312 g/mol. The summed E-state index contributed by atoms with van der Waals surface area (Å²) in [6.07, 6.45) is 5.81. The minimum Gasteiger partial charge on any atom is -0.495 e. The van der Waals surface area contributed by atoms with Crippen molar-refractivity contribution >= 4 is 11.6 Å². The summed E-state index contributed by atoms with van der Waals surface area (Å²) < 4.78 is 5.69. The Kier molecular flexibility index (Phi) is 3.15. The molecule has 3 heterocycles. The van der Waals surface area contributed by atoms with Crippen LogP contribution in [0.3, 0.4) is 0 Å². The number of nitrogens with zero attached hydrogens (tertiary/aromatic N) is 2. The Hall–Kier alpha value is -1.81. The molecule has 1 spiro atoms. The predicted octanol–water partition coefficient (Wildman–Crippen LogP) is 3.11. The molecule has 1 amide bonds. The largest absolute Gasteiger partial charge is 0.495 e. The zero-order valence-corrected chi connectivity index (χ0v) is 15.3. The standard InChI is InChI=1S/C21H26N2O2/c1-4-15-14-8-10-22-11-9-21(20(15)22)16-6-5-7-17(25-3)19(16)23(13(2)24)18(21)12-14/h4-7,14,18,20H,8-12H2,1-3H3/b15-4+/t14-,18-,20-,21-/m1/s1. The maximum Gasteiger partial charge on any atom is 0.224 e. The fourth-order valence-electron chi connectivity index (χ4n) is 6.50. The van der Waals surface area contributed by atoms with E-state index >= 15 is 0 Å². The van der Waals surface area contributed by atoms with E-state index in [4.69, 9.17) is 4.74 Å². The number of allylic oxidation sites excluding steroid dienone is 1. The average molecular weight is 338 g/mol. The van der Waals surface area contributed by atoms with Crippen molar-refractivity contribution in [2.45, 2.75) is 50.6 Å². The van der Waals surface area contributed by atoms with Gasteiger partial charge < -0.3 is 9.64 Å². The SMILES string of the molecule is C/C=C1\[C@@H]2CCN3CC[C@]4(c5cccc(OC)c5N(C(C)=O)[C@@H]4C2)[C@@H]13. The molecule has 132 valence electrons. The van der Waals surface area contributed by atoms with Gasteiger partial charge >= 0.3 is 0 Å². The van der Waals surface area contributed by atoms with E-state index in [1.165, 1.54) is 18.5 Å². The number of methoxy groups -OCH3 is 1. The van der Waals surface area contributed by atoms with E-state index in [-0.39, 0.29) is 17.4 Å². The number of rotatable bonds is 1. The number of benzene rings is 1. The number of ether oxygens (including phenoxy) is 1. The number of fused-ring (bicyclic) bond motifs is 2. The Bertz CT molecular complexity index is 786. The number of hydrogen-bond acceptors (Lipinski definition) is 3. The Balaban J connectivity index is 1.80. The van der Waals surface area contributed by atoms with Gasteiger partial charge in [0, 0.05) is 24.4 Å². The van der Waals surface area contributed by atoms with Crippen LogP contribution in [0.25, 0.3) is 0 Å². The third kappa shape index (κ3) is 1.69. The van der Waals surface area contributed by atoms with E-state index in [2.05, 4.69) is 34.9 Å². The maximum atomic E-state index is 12.7. The van der Waals surface area contributed by atoms with Gasteiger partial charge in [-0.25, -0.2) is 0 Å². The van der Waals surface area contributed by atoms with Crippen LogP contribution < -0.4 is 9.64 Å². The van der Waals surface area contributed by atoms with Crippen LogP contribution in [0.2, 0.25) is 0 Å². The van der Waals surface area contributed by atoms with E-state index < -0.39 is 0 Å². The van der Waals surface area contributed by atoms with Crippen molar-refractivity contribution in [3.63, 3.8) is 0 Å². The van der Waals surface area contributed by atoms with Crippen LogP contribution in [-0.2, 0) is 10.2 Å². The first-order valence-corrected chi connectivity index (χ1v) is 9.51. The Morgan fingerprint density at radius 3 is 2.92 bits per heavy atom. The van der Waals surface area contributed by atoms with Crippen molar-refractivity contribution in [2.75, 3.05) is 25.1 Å². The third-order valence-electron chi connectivity index (χ3n) is 7.27. The number of para-hydroxylation sites is 1. The van der Waals surface area contributed by atoms with Gasteiger partial charge in [0.05, 0.1) is 12.8 Å². The van der Waals surface area contributed by atoms with Gasteiger partial charge in [0.2, 0.25) is 5.91 Å². The highest BCUT2D eigenvalue weighted by Gasteiger charge is 2.66. The molecule has 1 aromatic carbocycles. The Morgan fingerprint density at radius 2 is 2.20 bits per heavy atom. The van der Waals surface area contributed by atoms with Crippen LogP contribution in [-0.4, -0.2) is 43.1 Å². The lowest BCUT2D eigenvalue weighted by molar-refractivity contribution is -0.117. The fourth-order valence-corrected chi connectivity index (χ4v) is 6.50. The third-order valence-corrected chi connectivity index (χ3v) is 7.27. The number of anilines is 1. The van der Waals surface area contributed by atoms with E-state index in [0.717, 1.165) is 30.8 Å². The summed E-state index contributed by atoms with van der Waals surface area (Å²) in [4.78, 5) is 17.5. The Morgan fingerprint density at radius 1 is 1.36 bits per heavy atom. The van der Waals surface area contributed by atoms with Crippen molar-refractivity contribution in [3.8, 4) is 5.75 Å².